The number of nitrogens with zero attached hydrogens (tertiary/aromatic N) is 3. The molecule has 0 fully saturated rings. The average Bonchev–Trinajstić information content (AvgIpc) is 3.27. The molecular formula is C26H27N3O6. The molecule has 182 valence electrons. The lowest BCUT2D eigenvalue weighted by atomic mass is 10.1. The maximum Gasteiger partial charge on any atom is 0.343 e. The van der Waals surface area contributed by atoms with Gasteiger partial charge in [0.2, 0.25) is 6.79 Å². The molecule has 1 aromatic carbocycles. The molecule has 0 aliphatic carbocycles. The second-order valence-electron chi connectivity index (χ2n) is 8.41. The van der Waals surface area contributed by atoms with Gasteiger partial charge in [-0.2, -0.15) is 0 Å². The first-order chi connectivity index (χ1) is 17.1. The third-order valence-electron chi connectivity index (χ3n) is 6.29. The number of methoxy groups -OCH3 is 1. The molecule has 0 spiro atoms. The Morgan fingerprint density at radius 3 is 2.86 bits per heavy atom. The van der Waals surface area contributed by atoms with E-state index < -0.39 is 5.97 Å². The molecule has 0 amide bonds. The van der Waals surface area contributed by atoms with Crippen LogP contribution in [-0.4, -0.2) is 54.0 Å². The van der Waals surface area contributed by atoms with Crippen LogP contribution in [0.2, 0.25) is 0 Å². The largest absolute Gasteiger partial charge is 0.492 e. The number of rotatable bonds is 7. The van der Waals surface area contributed by atoms with Crippen LogP contribution in [-0.2, 0) is 30.7 Å². The molecule has 2 aliphatic rings. The lowest BCUT2D eigenvalue weighted by molar-refractivity contribution is 0.0593. The summed E-state index contributed by atoms with van der Waals surface area (Å²) in [5, 5.41) is 0. The Balaban J connectivity index is 1.37. The second-order valence-corrected chi connectivity index (χ2v) is 8.41. The molecule has 0 saturated carbocycles. The van der Waals surface area contributed by atoms with Gasteiger partial charge in [0.25, 0.3) is 5.56 Å². The van der Waals surface area contributed by atoms with Crippen molar-refractivity contribution in [1.82, 2.24) is 14.5 Å². The van der Waals surface area contributed by atoms with E-state index in [9.17, 15) is 9.59 Å². The molecule has 5 rings (SSSR count). The molecule has 3 aromatic rings. The van der Waals surface area contributed by atoms with E-state index >= 15 is 0 Å². The molecule has 2 aromatic heterocycles. The highest BCUT2D eigenvalue weighted by atomic mass is 16.7. The molecule has 0 saturated heterocycles. The Hall–Kier alpha value is -3.85. The van der Waals surface area contributed by atoms with E-state index in [2.05, 4.69) is 9.88 Å². The minimum absolute atomic E-state index is 0.195. The fourth-order valence-electron chi connectivity index (χ4n) is 4.55. The van der Waals surface area contributed by atoms with Crippen LogP contribution in [0.25, 0.3) is 0 Å². The first kappa shape index (κ1) is 22.9. The molecule has 0 atom stereocenters. The van der Waals surface area contributed by atoms with Crippen molar-refractivity contribution in [2.24, 2.45) is 0 Å². The monoisotopic (exact) mass is 477 g/mol. The van der Waals surface area contributed by atoms with Gasteiger partial charge in [0.05, 0.1) is 13.7 Å². The van der Waals surface area contributed by atoms with Gasteiger partial charge in [-0.3, -0.25) is 14.7 Å². The molecule has 0 N–H and O–H groups in total. The highest BCUT2D eigenvalue weighted by Crippen LogP contribution is 2.36. The van der Waals surface area contributed by atoms with Crippen LogP contribution in [0.4, 0.5) is 0 Å². The topological polar surface area (TPSA) is 92.1 Å². The first-order valence-corrected chi connectivity index (χ1v) is 11.6. The fraction of sp³-hybridized carbons (Fsp3) is 0.346. The summed E-state index contributed by atoms with van der Waals surface area (Å²) in [6.45, 7) is 2.92. The van der Waals surface area contributed by atoms with Crippen molar-refractivity contribution in [3.63, 3.8) is 0 Å². The number of para-hydroxylation sites is 1. The van der Waals surface area contributed by atoms with Crippen LogP contribution in [0, 0.1) is 0 Å². The third-order valence-corrected chi connectivity index (χ3v) is 6.29. The van der Waals surface area contributed by atoms with Gasteiger partial charge < -0.3 is 23.5 Å². The minimum atomic E-state index is -0.513. The Labute approximate surface area is 202 Å². The zero-order chi connectivity index (χ0) is 24.2. The summed E-state index contributed by atoms with van der Waals surface area (Å²) in [7, 11) is 1.34. The van der Waals surface area contributed by atoms with Gasteiger partial charge in [-0.25, -0.2) is 4.79 Å². The summed E-state index contributed by atoms with van der Waals surface area (Å²) in [5.74, 6) is 1.26. The maximum atomic E-state index is 13.0. The molecule has 35 heavy (non-hydrogen) atoms. The van der Waals surface area contributed by atoms with Crippen LogP contribution >= 0.6 is 0 Å². The van der Waals surface area contributed by atoms with Crippen LogP contribution in [0.1, 0.15) is 27.3 Å². The van der Waals surface area contributed by atoms with Crippen molar-refractivity contribution in [1.29, 1.82) is 0 Å². The number of hydrogen-bond acceptors (Lipinski definition) is 8. The van der Waals surface area contributed by atoms with Crippen molar-refractivity contribution >= 4 is 5.97 Å². The molecular weight excluding hydrogens is 450 g/mol. The standard InChI is InChI=1S/C26H27N3O6/c1-32-26(31)24-20-8-11-28(16-18-5-4-7-21-25(18)35-17-34-21)12-13-29(20)23(30)15-22(24)33-14-9-19-6-2-3-10-27-19/h2-7,10,15H,8-9,11-14,16-17H2,1H3. The van der Waals surface area contributed by atoms with Crippen molar-refractivity contribution in [2.45, 2.75) is 25.9 Å². The van der Waals surface area contributed by atoms with Gasteiger partial charge in [-0.15, -0.1) is 0 Å². The number of benzene rings is 1. The quantitative estimate of drug-likeness (QED) is 0.479. The van der Waals surface area contributed by atoms with E-state index in [0.29, 0.717) is 50.3 Å². The van der Waals surface area contributed by atoms with Gasteiger partial charge in [-0.1, -0.05) is 18.2 Å². The summed E-state index contributed by atoms with van der Waals surface area (Å²) in [6.07, 6.45) is 2.78. The van der Waals surface area contributed by atoms with E-state index in [4.69, 9.17) is 18.9 Å². The number of esters is 1. The predicted molar refractivity (Wildman–Crippen MR) is 127 cm³/mol. The predicted octanol–water partition coefficient (Wildman–Crippen LogP) is 2.44. The summed E-state index contributed by atoms with van der Waals surface area (Å²) < 4.78 is 23.8. The summed E-state index contributed by atoms with van der Waals surface area (Å²) in [4.78, 5) is 32.3. The molecule has 4 heterocycles. The van der Waals surface area contributed by atoms with Crippen molar-refractivity contribution < 1.29 is 23.7 Å². The summed E-state index contributed by atoms with van der Waals surface area (Å²) in [6, 6.07) is 12.9. The number of pyridine rings is 2. The van der Waals surface area contributed by atoms with Crippen molar-refractivity contribution in [3.05, 3.63) is 81.5 Å². The number of carbonyl (C=O) groups is 1. The van der Waals surface area contributed by atoms with Gasteiger partial charge in [-0.05, 0) is 18.2 Å². The van der Waals surface area contributed by atoms with E-state index in [1.807, 2.05) is 36.4 Å². The second kappa shape index (κ2) is 10.2. The summed E-state index contributed by atoms with van der Waals surface area (Å²) in [5.41, 5.74) is 2.66. The number of aromatic nitrogens is 2. The Morgan fingerprint density at radius 2 is 2.03 bits per heavy atom. The molecule has 9 nitrogen and oxygen atoms in total. The maximum absolute atomic E-state index is 13.0. The highest BCUT2D eigenvalue weighted by Gasteiger charge is 2.27. The van der Waals surface area contributed by atoms with Crippen LogP contribution in [0.5, 0.6) is 17.2 Å². The number of carbonyl (C=O) groups excluding carboxylic acids is 1. The van der Waals surface area contributed by atoms with Crippen LogP contribution in [0.3, 0.4) is 0 Å². The molecule has 0 bridgehead atoms. The number of ether oxygens (including phenoxy) is 4. The van der Waals surface area contributed by atoms with Gasteiger partial charge in [0.1, 0.15) is 11.3 Å². The van der Waals surface area contributed by atoms with E-state index in [1.165, 1.54) is 13.2 Å². The van der Waals surface area contributed by atoms with E-state index in [0.717, 1.165) is 22.8 Å². The van der Waals surface area contributed by atoms with Gasteiger partial charge in [0.15, 0.2) is 11.5 Å². The lowest BCUT2D eigenvalue weighted by Crippen LogP contribution is -2.29. The van der Waals surface area contributed by atoms with Crippen LogP contribution < -0.4 is 19.8 Å². The molecule has 9 heteroatoms. The van der Waals surface area contributed by atoms with Crippen molar-refractivity contribution in [2.75, 3.05) is 33.6 Å². The first-order valence-electron chi connectivity index (χ1n) is 11.6. The van der Waals surface area contributed by atoms with Gasteiger partial charge >= 0.3 is 5.97 Å². The zero-order valence-corrected chi connectivity index (χ0v) is 19.6. The Bertz CT molecular complexity index is 1270. The van der Waals surface area contributed by atoms with E-state index in [-0.39, 0.29) is 24.7 Å². The summed E-state index contributed by atoms with van der Waals surface area (Å²) >= 11 is 0. The van der Waals surface area contributed by atoms with Gasteiger partial charge in [0, 0.05) is 68.2 Å². The number of fused-ring (bicyclic) bond motifs is 2. The molecule has 0 radical (unpaired) electrons. The SMILES string of the molecule is COC(=O)c1c(OCCc2ccccn2)cc(=O)n2c1CCN(Cc1cccc3c1OCO3)CC2. The normalized spacial score (nSPS) is 14.8. The smallest absolute Gasteiger partial charge is 0.343 e. The average molecular weight is 478 g/mol. The molecule has 0 unspecified atom stereocenters. The van der Waals surface area contributed by atoms with Crippen molar-refractivity contribution in [3.8, 4) is 17.2 Å². The minimum Gasteiger partial charge on any atom is -0.492 e. The lowest BCUT2D eigenvalue weighted by Gasteiger charge is -2.20. The van der Waals surface area contributed by atoms with E-state index in [1.54, 1.807) is 10.8 Å². The number of hydrogen-bond donors (Lipinski definition) is 0. The Morgan fingerprint density at radius 1 is 1.11 bits per heavy atom. The molecule has 2 aliphatic heterocycles. The third kappa shape index (κ3) is 4.85. The van der Waals surface area contributed by atoms with Crippen LogP contribution in [0.15, 0.2) is 53.5 Å². The zero-order valence-electron chi connectivity index (χ0n) is 19.6. The Kier molecular flexibility index (Phi) is 6.67. The fourth-order valence-corrected chi connectivity index (χ4v) is 4.55. The highest BCUT2D eigenvalue weighted by molar-refractivity contribution is 5.93.